The molecule has 1 fully saturated rings. The van der Waals surface area contributed by atoms with Crippen LogP contribution in [0.3, 0.4) is 0 Å². The molecule has 0 spiro atoms. The van der Waals surface area contributed by atoms with Crippen molar-refractivity contribution in [3.63, 3.8) is 0 Å². The molecule has 1 aliphatic rings. The summed E-state index contributed by atoms with van der Waals surface area (Å²) in [6.45, 7) is 3.33. The van der Waals surface area contributed by atoms with E-state index in [2.05, 4.69) is 21.8 Å². The number of aliphatic hydroxyl groups is 1. The fourth-order valence-corrected chi connectivity index (χ4v) is 2.74. The van der Waals surface area contributed by atoms with Gasteiger partial charge in [0.2, 0.25) is 0 Å². The van der Waals surface area contributed by atoms with Crippen LogP contribution in [-0.4, -0.2) is 34.3 Å². The summed E-state index contributed by atoms with van der Waals surface area (Å²) in [6.07, 6.45) is 6.19. The number of nitrogens with zero attached hydrogens (tertiary/aromatic N) is 3. The summed E-state index contributed by atoms with van der Waals surface area (Å²) in [6, 6.07) is 2.23. The molecule has 1 aromatic rings. The van der Waals surface area contributed by atoms with E-state index in [1.54, 1.807) is 0 Å². The van der Waals surface area contributed by atoms with Crippen LogP contribution >= 0.6 is 0 Å². The standard InChI is InChI=1S/C14H24N4O/c1-2-5-13-16-12(15)10-14(17-13)18-8-4-3-6-11(18)7-9-19/h10-11,19H,2-9H2,1H3,(H2,15,16,17). The van der Waals surface area contributed by atoms with Gasteiger partial charge in [-0.15, -0.1) is 0 Å². The Balaban J connectivity index is 2.22. The third kappa shape index (κ3) is 3.56. The van der Waals surface area contributed by atoms with Crippen LogP contribution in [0.15, 0.2) is 6.07 Å². The Hall–Kier alpha value is -1.36. The molecule has 5 heteroatoms. The average Bonchev–Trinajstić information content (AvgIpc) is 2.39. The van der Waals surface area contributed by atoms with Crippen LogP contribution in [0.2, 0.25) is 0 Å². The van der Waals surface area contributed by atoms with Crippen LogP contribution in [0.1, 0.15) is 44.9 Å². The zero-order chi connectivity index (χ0) is 13.7. The molecule has 0 aromatic carbocycles. The molecule has 1 aliphatic heterocycles. The molecule has 1 atom stereocenters. The van der Waals surface area contributed by atoms with E-state index in [9.17, 15) is 5.11 Å². The number of aromatic nitrogens is 2. The van der Waals surface area contributed by atoms with E-state index in [4.69, 9.17) is 5.73 Å². The quantitative estimate of drug-likeness (QED) is 0.847. The number of hydrogen-bond acceptors (Lipinski definition) is 5. The summed E-state index contributed by atoms with van der Waals surface area (Å²) < 4.78 is 0. The summed E-state index contributed by atoms with van der Waals surface area (Å²) in [5.74, 6) is 2.29. The Kier molecular flexibility index (Phi) is 4.96. The lowest BCUT2D eigenvalue weighted by atomic mass is 9.99. The van der Waals surface area contributed by atoms with Crippen molar-refractivity contribution in [3.05, 3.63) is 11.9 Å². The zero-order valence-corrected chi connectivity index (χ0v) is 11.7. The summed E-state index contributed by atoms with van der Waals surface area (Å²) in [7, 11) is 0. The van der Waals surface area contributed by atoms with Gasteiger partial charge in [0, 0.05) is 31.7 Å². The van der Waals surface area contributed by atoms with Gasteiger partial charge in [-0.25, -0.2) is 9.97 Å². The van der Waals surface area contributed by atoms with Crippen molar-refractivity contribution >= 4 is 11.6 Å². The fourth-order valence-electron chi connectivity index (χ4n) is 2.74. The summed E-state index contributed by atoms with van der Waals surface area (Å²) in [4.78, 5) is 11.2. The van der Waals surface area contributed by atoms with E-state index in [-0.39, 0.29) is 6.61 Å². The molecule has 0 radical (unpaired) electrons. The zero-order valence-electron chi connectivity index (χ0n) is 11.7. The molecule has 1 saturated heterocycles. The van der Waals surface area contributed by atoms with Crippen LogP contribution in [0.5, 0.6) is 0 Å². The van der Waals surface area contributed by atoms with Crippen molar-refractivity contribution in [2.75, 3.05) is 23.8 Å². The molecular formula is C14H24N4O. The van der Waals surface area contributed by atoms with Crippen LogP contribution < -0.4 is 10.6 Å². The van der Waals surface area contributed by atoms with E-state index in [0.29, 0.717) is 11.9 Å². The lowest BCUT2D eigenvalue weighted by molar-refractivity contribution is 0.262. The SMILES string of the molecule is CCCc1nc(N)cc(N2CCCCC2CCO)n1. The van der Waals surface area contributed by atoms with Gasteiger partial charge in [0.15, 0.2) is 0 Å². The molecule has 0 bridgehead atoms. The molecule has 2 heterocycles. The van der Waals surface area contributed by atoms with Crippen LogP contribution in [0.25, 0.3) is 0 Å². The van der Waals surface area contributed by atoms with Gasteiger partial charge in [-0.05, 0) is 32.1 Å². The van der Waals surface area contributed by atoms with Crippen LogP contribution in [-0.2, 0) is 6.42 Å². The first-order valence-electron chi connectivity index (χ1n) is 7.25. The number of piperidine rings is 1. The van der Waals surface area contributed by atoms with Crippen molar-refractivity contribution < 1.29 is 5.11 Å². The van der Waals surface area contributed by atoms with Gasteiger partial charge < -0.3 is 15.7 Å². The number of rotatable bonds is 5. The van der Waals surface area contributed by atoms with Gasteiger partial charge in [-0.3, -0.25) is 0 Å². The molecule has 0 saturated carbocycles. The van der Waals surface area contributed by atoms with Crippen LogP contribution in [0.4, 0.5) is 11.6 Å². The Morgan fingerprint density at radius 1 is 1.42 bits per heavy atom. The average molecular weight is 264 g/mol. The van der Waals surface area contributed by atoms with Crippen molar-refractivity contribution in [2.24, 2.45) is 0 Å². The van der Waals surface area contributed by atoms with Gasteiger partial charge in [0.05, 0.1) is 0 Å². The lowest BCUT2D eigenvalue weighted by Crippen LogP contribution is -2.40. The normalized spacial score (nSPS) is 19.7. The first-order valence-corrected chi connectivity index (χ1v) is 7.25. The topological polar surface area (TPSA) is 75.3 Å². The van der Waals surface area contributed by atoms with Gasteiger partial charge in [0.25, 0.3) is 0 Å². The highest BCUT2D eigenvalue weighted by molar-refractivity contribution is 5.48. The maximum Gasteiger partial charge on any atom is 0.134 e. The highest BCUT2D eigenvalue weighted by Crippen LogP contribution is 2.26. The Bertz CT molecular complexity index is 408. The minimum absolute atomic E-state index is 0.226. The molecular weight excluding hydrogens is 240 g/mol. The smallest absolute Gasteiger partial charge is 0.134 e. The molecule has 1 unspecified atom stereocenters. The third-order valence-electron chi connectivity index (χ3n) is 3.64. The van der Waals surface area contributed by atoms with Crippen LogP contribution in [0, 0.1) is 0 Å². The van der Waals surface area contributed by atoms with Gasteiger partial charge >= 0.3 is 0 Å². The molecule has 5 nitrogen and oxygen atoms in total. The monoisotopic (exact) mass is 264 g/mol. The number of aryl methyl sites for hydroxylation is 1. The van der Waals surface area contributed by atoms with Crippen molar-refractivity contribution in [3.8, 4) is 0 Å². The van der Waals surface area contributed by atoms with Gasteiger partial charge in [0.1, 0.15) is 17.5 Å². The molecule has 19 heavy (non-hydrogen) atoms. The molecule has 2 rings (SSSR count). The second kappa shape index (κ2) is 6.70. The molecule has 3 N–H and O–H groups in total. The highest BCUT2D eigenvalue weighted by atomic mass is 16.3. The first kappa shape index (κ1) is 14.1. The number of aliphatic hydroxyl groups excluding tert-OH is 1. The molecule has 0 aliphatic carbocycles. The summed E-state index contributed by atoms with van der Waals surface area (Å²) in [5, 5.41) is 9.19. The summed E-state index contributed by atoms with van der Waals surface area (Å²) in [5.41, 5.74) is 5.89. The predicted octanol–water partition coefficient (Wildman–Crippen LogP) is 1.75. The Morgan fingerprint density at radius 3 is 3.00 bits per heavy atom. The van der Waals surface area contributed by atoms with E-state index in [0.717, 1.165) is 43.9 Å². The minimum Gasteiger partial charge on any atom is -0.396 e. The number of nitrogen functional groups attached to an aromatic ring is 1. The lowest BCUT2D eigenvalue weighted by Gasteiger charge is -2.36. The molecule has 1 aromatic heterocycles. The second-order valence-corrected chi connectivity index (χ2v) is 5.17. The van der Waals surface area contributed by atoms with Crippen molar-refractivity contribution in [1.29, 1.82) is 0 Å². The molecule has 0 amide bonds. The third-order valence-corrected chi connectivity index (χ3v) is 3.64. The highest BCUT2D eigenvalue weighted by Gasteiger charge is 2.23. The van der Waals surface area contributed by atoms with E-state index < -0.39 is 0 Å². The Morgan fingerprint density at radius 2 is 2.26 bits per heavy atom. The second-order valence-electron chi connectivity index (χ2n) is 5.17. The van der Waals surface area contributed by atoms with E-state index in [1.165, 1.54) is 12.8 Å². The minimum atomic E-state index is 0.226. The van der Waals surface area contributed by atoms with E-state index >= 15 is 0 Å². The Labute approximate surface area is 114 Å². The van der Waals surface area contributed by atoms with Gasteiger partial charge in [-0.2, -0.15) is 0 Å². The maximum absolute atomic E-state index is 9.19. The molecule has 106 valence electrons. The van der Waals surface area contributed by atoms with E-state index in [1.807, 2.05) is 6.07 Å². The maximum atomic E-state index is 9.19. The number of nitrogens with two attached hydrogens (primary N) is 1. The first-order chi connectivity index (χ1) is 9.24. The number of anilines is 2. The van der Waals surface area contributed by atoms with Crippen molar-refractivity contribution in [1.82, 2.24) is 9.97 Å². The van der Waals surface area contributed by atoms with Crippen molar-refractivity contribution in [2.45, 2.75) is 51.5 Å². The largest absolute Gasteiger partial charge is 0.396 e. The predicted molar refractivity (Wildman–Crippen MR) is 77.1 cm³/mol. The van der Waals surface area contributed by atoms with Gasteiger partial charge in [-0.1, -0.05) is 6.92 Å². The number of hydrogen-bond donors (Lipinski definition) is 2. The summed E-state index contributed by atoms with van der Waals surface area (Å²) >= 11 is 0. The fraction of sp³-hybridized carbons (Fsp3) is 0.714.